The van der Waals surface area contributed by atoms with Crippen LogP contribution in [0.15, 0.2) is 73.1 Å². The van der Waals surface area contributed by atoms with Crippen LogP contribution in [0.3, 0.4) is 0 Å². The second-order valence-corrected chi connectivity index (χ2v) is 6.77. The van der Waals surface area contributed by atoms with E-state index in [9.17, 15) is 4.79 Å². The van der Waals surface area contributed by atoms with Gasteiger partial charge in [-0.15, -0.1) is 0 Å². The molecule has 2 aromatic carbocycles. The van der Waals surface area contributed by atoms with Crippen LogP contribution in [0.2, 0.25) is 0 Å². The lowest BCUT2D eigenvalue weighted by Gasteiger charge is -2.36. The highest BCUT2D eigenvalue weighted by Crippen LogP contribution is 2.30. The van der Waals surface area contributed by atoms with E-state index in [2.05, 4.69) is 16.0 Å². The molecule has 1 saturated heterocycles. The van der Waals surface area contributed by atoms with Gasteiger partial charge in [-0.25, -0.2) is 0 Å². The van der Waals surface area contributed by atoms with Crippen molar-refractivity contribution in [1.82, 2.24) is 9.88 Å². The van der Waals surface area contributed by atoms with Crippen molar-refractivity contribution in [1.29, 1.82) is 0 Å². The number of methoxy groups -OCH3 is 1. The number of anilines is 1. The fourth-order valence-corrected chi connectivity index (χ4v) is 3.59. The number of piperazine rings is 1. The molecule has 0 bridgehead atoms. The number of hydrogen-bond donors (Lipinski definition) is 0. The summed E-state index contributed by atoms with van der Waals surface area (Å²) in [7, 11) is 1.66. The third-order valence-electron chi connectivity index (χ3n) is 5.11. The summed E-state index contributed by atoms with van der Waals surface area (Å²) in [6, 6.07) is 19.6. The number of amides is 1. The van der Waals surface area contributed by atoms with Gasteiger partial charge in [-0.2, -0.15) is 0 Å². The number of pyridine rings is 1. The van der Waals surface area contributed by atoms with Gasteiger partial charge >= 0.3 is 0 Å². The Balaban J connectivity index is 1.49. The lowest BCUT2D eigenvalue weighted by Crippen LogP contribution is -2.48. The monoisotopic (exact) mass is 373 g/mol. The molecule has 0 unspecified atom stereocenters. The Morgan fingerprint density at radius 1 is 0.964 bits per heavy atom. The molecule has 3 aromatic rings. The molecular weight excluding hydrogens is 350 g/mol. The number of rotatable bonds is 4. The summed E-state index contributed by atoms with van der Waals surface area (Å²) in [6.45, 7) is 3.02. The second-order valence-electron chi connectivity index (χ2n) is 6.77. The van der Waals surface area contributed by atoms with Crippen molar-refractivity contribution in [3.63, 3.8) is 0 Å². The standard InChI is InChI=1S/C23H23N3O2/c1-28-22-10-3-2-9-21(22)18-6-4-7-19(16-18)23(27)26-14-12-25(13-15-26)20-8-5-11-24-17-20/h2-11,16-17H,12-15H2,1H3. The summed E-state index contributed by atoms with van der Waals surface area (Å²) < 4.78 is 5.46. The Morgan fingerprint density at radius 3 is 2.54 bits per heavy atom. The van der Waals surface area contributed by atoms with Crippen molar-refractivity contribution < 1.29 is 9.53 Å². The molecule has 5 heteroatoms. The van der Waals surface area contributed by atoms with E-state index in [1.54, 1.807) is 13.3 Å². The Morgan fingerprint density at radius 2 is 1.79 bits per heavy atom. The molecule has 2 heterocycles. The molecule has 1 aliphatic rings. The van der Waals surface area contributed by atoms with Crippen LogP contribution in [0.1, 0.15) is 10.4 Å². The van der Waals surface area contributed by atoms with E-state index >= 15 is 0 Å². The summed E-state index contributed by atoms with van der Waals surface area (Å²) in [6.07, 6.45) is 3.65. The minimum Gasteiger partial charge on any atom is -0.496 e. The summed E-state index contributed by atoms with van der Waals surface area (Å²) in [5, 5.41) is 0. The molecule has 0 aliphatic carbocycles. The fourth-order valence-electron chi connectivity index (χ4n) is 3.59. The number of carbonyl (C=O) groups is 1. The molecule has 1 fully saturated rings. The molecule has 1 amide bonds. The Hall–Kier alpha value is -3.34. The number of benzene rings is 2. The fraction of sp³-hybridized carbons (Fsp3) is 0.217. The van der Waals surface area contributed by atoms with Crippen LogP contribution >= 0.6 is 0 Å². The van der Waals surface area contributed by atoms with Crippen LogP contribution in [0, 0.1) is 0 Å². The van der Waals surface area contributed by atoms with Crippen LogP contribution in [-0.4, -0.2) is 49.1 Å². The molecule has 0 saturated carbocycles. The number of carbonyl (C=O) groups excluding carboxylic acids is 1. The molecule has 0 radical (unpaired) electrons. The quantitative estimate of drug-likeness (QED) is 0.699. The third-order valence-corrected chi connectivity index (χ3v) is 5.11. The zero-order valence-electron chi connectivity index (χ0n) is 15.9. The summed E-state index contributed by atoms with van der Waals surface area (Å²) in [5.74, 6) is 0.875. The number of ether oxygens (including phenoxy) is 1. The lowest BCUT2D eigenvalue weighted by molar-refractivity contribution is 0.0747. The molecule has 142 valence electrons. The molecule has 28 heavy (non-hydrogen) atoms. The van der Waals surface area contributed by atoms with Gasteiger partial charge in [0.1, 0.15) is 5.75 Å². The van der Waals surface area contributed by atoms with Crippen molar-refractivity contribution in [3.05, 3.63) is 78.6 Å². The van der Waals surface area contributed by atoms with Crippen LogP contribution in [0.4, 0.5) is 5.69 Å². The smallest absolute Gasteiger partial charge is 0.253 e. The highest BCUT2D eigenvalue weighted by Gasteiger charge is 2.22. The second kappa shape index (κ2) is 8.13. The average Bonchev–Trinajstić information content (AvgIpc) is 2.79. The minimum absolute atomic E-state index is 0.0718. The number of hydrogen-bond acceptors (Lipinski definition) is 4. The summed E-state index contributed by atoms with van der Waals surface area (Å²) in [5.41, 5.74) is 3.78. The predicted molar refractivity (Wildman–Crippen MR) is 111 cm³/mol. The molecule has 0 N–H and O–H groups in total. The minimum atomic E-state index is 0.0718. The maximum Gasteiger partial charge on any atom is 0.253 e. The first kappa shape index (κ1) is 18.0. The van der Waals surface area contributed by atoms with Gasteiger partial charge in [0.25, 0.3) is 5.91 Å². The van der Waals surface area contributed by atoms with Gasteiger partial charge in [0, 0.05) is 43.5 Å². The lowest BCUT2D eigenvalue weighted by atomic mass is 10.0. The van der Waals surface area contributed by atoms with Crippen molar-refractivity contribution in [2.45, 2.75) is 0 Å². The van der Waals surface area contributed by atoms with Gasteiger partial charge in [-0.3, -0.25) is 9.78 Å². The normalized spacial score (nSPS) is 14.0. The Bertz CT molecular complexity index is 951. The van der Waals surface area contributed by atoms with Crippen molar-refractivity contribution in [2.24, 2.45) is 0 Å². The van der Waals surface area contributed by atoms with Crippen LogP contribution < -0.4 is 9.64 Å². The van der Waals surface area contributed by atoms with Gasteiger partial charge in [-0.1, -0.05) is 30.3 Å². The van der Waals surface area contributed by atoms with Crippen LogP contribution in [0.25, 0.3) is 11.1 Å². The average molecular weight is 373 g/mol. The Kier molecular flexibility index (Phi) is 5.24. The Labute approximate surface area is 165 Å². The number of aromatic nitrogens is 1. The molecule has 0 atom stereocenters. The molecule has 4 rings (SSSR count). The van der Waals surface area contributed by atoms with E-state index in [0.29, 0.717) is 18.7 Å². The molecule has 1 aromatic heterocycles. The molecule has 1 aliphatic heterocycles. The summed E-state index contributed by atoms with van der Waals surface area (Å²) >= 11 is 0. The van der Waals surface area contributed by atoms with Gasteiger partial charge in [-0.05, 0) is 35.9 Å². The highest BCUT2D eigenvalue weighted by atomic mass is 16.5. The maximum absolute atomic E-state index is 13.0. The molecule has 5 nitrogen and oxygen atoms in total. The summed E-state index contributed by atoms with van der Waals surface area (Å²) in [4.78, 5) is 21.4. The van der Waals surface area contributed by atoms with E-state index in [-0.39, 0.29) is 5.91 Å². The van der Waals surface area contributed by atoms with Crippen LogP contribution in [-0.2, 0) is 0 Å². The van der Waals surface area contributed by atoms with Gasteiger partial charge < -0.3 is 14.5 Å². The molecular formula is C23H23N3O2. The first-order chi connectivity index (χ1) is 13.8. The number of nitrogens with zero attached hydrogens (tertiary/aromatic N) is 3. The highest BCUT2D eigenvalue weighted by molar-refractivity contribution is 5.96. The van der Waals surface area contributed by atoms with E-state index < -0.39 is 0 Å². The van der Waals surface area contributed by atoms with Crippen molar-refractivity contribution >= 4 is 11.6 Å². The zero-order valence-corrected chi connectivity index (χ0v) is 15.9. The van der Waals surface area contributed by atoms with E-state index in [0.717, 1.165) is 35.7 Å². The topological polar surface area (TPSA) is 45.7 Å². The largest absolute Gasteiger partial charge is 0.496 e. The van der Waals surface area contributed by atoms with E-state index in [1.165, 1.54) is 0 Å². The number of para-hydroxylation sites is 1. The van der Waals surface area contributed by atoms with Gasteiger partial charge in [0.2, 0.25) is 0 Å². The van der Waals surface area contributed by atoms with Crippen molar-refractivity contribution in [2.75, 3.05) is 38.2 Å². The van der Waals surface area contributed by atoms with Crippen LogP contribution in [0.5, 0.6) is 5.75 Å². The first-order valence-corrected chi connectivity index (χ1v) is 9.44. The van der Waals surface area contributed by atoms with E-state index in [1.807, 2.05) is 65.7 Å². The van der Waals surface area contributed by atoms with Gasteiger partial charge in [0.15, 0.2) is 0 Å². The van der Waals surface area contributed by atoms with E-state index in [4.69, 9.17) is 4.74 Å². The predicted octanol–water partition coefficient (Wildman–Crippen LogP) is 3.72. The zero-order chi connectivity index (χ0) is 19.3. The SMILES string of the molecule is COc1ccccc1-c1cccc(C(=O)N2CCN(c3cccnc3)CC2)c1. The third kappa shape index (κ3) is 3.69. The van der Waals surface area contributed by atoms with Crippen molar-refractivity contribution in [3.8, 4) is 16.9 Å². The molecule has 0 spiro atoms. The maximum atomic E-state index is 13.0. The van der Waals surface area contributed by atoms with Gasteiger partial charge in [0.05, 0.1) is 19.0 Å². The first-order valence-electron chi connectivity index (χ1n) is 9.44.